The maximum Gasteiger partial charge on any atom is 0.289 e. The van der Waals surface area contributed by atoms with Crippen molar-refractivity contribution in [3.63, 3.8) is 0 Å². The van der Waals surface area contributed by atoms with E-state index in [2.05, 4.69) is 54.2 Å². The molecule has 4 saturated carbocycles. The van der Waals surface area contributed by atoms with E-state index in [-0.39, 0.29) is 52.8 Å². The van der Waals surface area contributed by atoms with Gasteiger partial charge in [-0.15, -0.1) is 11.3 Å². The molecule has 6 aliphatic rings. The molecule has 0 radical (unpaired) electrons. The highest BCUT2D eigenvalue weighted by Gasteiger charge is 2.70. The molecule has 2 aromatic rings. The summed E-state index contributed by atoms with van der Waals surface area (Å²) >= 11 is 1.32. The quantitative estimate of drug-likeness (QED) is 0.210. The Morgan fingerprint density at radius 3 is 2.16 bits per heavy atom. The third-order valence-corrected chi connectivity index (χ3v) is 14.8. The number of piperidine rings is 1. The fourth-order valence-electron chi connectivity index (χ4n) is 10.1. The molecule has 8 rings (SSSR count). The number of ketones is 1. The lowest BCUT2D eigenvalue weighted by Crippen LogP contribution is -2.63. The van der Waals surface area contributed by atoms with E-state index in [1.807, 2.05) is 23.6 Å². The average molecular weight is 770 g/mol. The van der Waals surface area contributed by atoms with Gasteiger partial charge < -0.3 is 26.2 Å². The first-order valence-electron chi connectivity index (χ1n) is 20.5. The first kappa shape index (κ1) is 37.8. The standard InChI is InChI=1S/C43H55N5O6S/c1-42(2)29-23-48(34(32(29)42)38(51)45-30(20-24-13-14-24)35(49)39(52)44-28-15-16-28)41(54)33(27-21-25-10-5-6-11-26(25)22-27)46-40(53)36(43(3)17-7-4-8-18-43)47-37(50)31-12-9-19-55-31/h5-6,9-12,19,24,27-30,32-34,36H,4,7-8,13-18,20-23H2,1-3H3,(H,44,52)(H,45,51)(H,46,53)(H,47,50)/t29-,30?,32-,33-,34-,36+/m0/s1. The van der Waals surface area contributed by atoms with Crippen LogP contribution in [0.4, 0.5) is 0 Å². The van der Waals surface area contributed by atoms with Gasteiger partial charge in [0.1, 0.15) is 18.1 Å². The van der Waals surface area contributed by atoms with Crippen molar-refractivity contribution in [2.45, 2.75) is 128 Å². The van der Waals surface area contributed by atoms with E-state index in [1.165, 1.54) is 11.3 Å². The normalized spacial score (nSPS) is 26.5. The Morgan fingerprint density at radius 1 is 0.855 bits per heavy atom. The molecule has 4 N–H and O–H groups in total. The van der Waals surface area contributed by atoms with Crippen molar-refractivity contribution in [3.05, 3.63) is 57.8 Å². The molecule has 1 unspecified atom stereocenters. The highest BCUT2D eigenvalue weighted by atomic mass is 32.1. The molecule has 0 spiro atoms. The molecule has 0 bridgehead atoms. The predicted octanol–water partition coefficient (Wildman–Crippen LogP) is 4.33. The number of fused-ring (bicyclic) bond motifs is 2. The Morgan fingerprint density at radius 2 is 1.55 bits per heavy atom. The summed E-state index contributed by atoms with van der Waals surface area (Å²) in [7, 11) is 0. The van der Waals surface area contributed by atoms with E-state index in [9.17, 15) is 24.0 Å². The lowest BCUT2D eigenvalue weighted by molar-refractivity contribution is -0.146. The van der Waals surface area contributed by atoms with Crippen LogP contribution in [0.2, 0.25) is 0 Å². The monoisotopic (exact) mass is 769 g/mol. The van der Waals surface area contributed by atoms with Crippen molar-refractivity contribution in [2.75, 3.05) is 6.54 Å². The van der Waals surface area contributed by atoms with Crippen LogP contribution in [-0.2, 0) is 36.8 Å². The van der Waals surface area contributed by atoms with Crippen LogP contribution in [0.1, 0.15) is 106 Å². The van der Waals surface area contributed by atoms with Crippen molar-refractivity contribution >= 4 is 46.7 Å². The fourth-order valence-corrected chi connectivity index (χ4v) is 10.7. The van der Waals surface area contributed by atoms with Crippen LogP contribution >= 0.6 is 11.3 Å². The summed E-state index contributed by atoms with van der Waals surface area (Å²) in [5.41, 5.74) is 1.57. The Kier molecular flexibility index (Phi) is 10.2. The molecular weight excluding hydrogens is 715 g/mol. The van der Waals surface area contributed by atoms with Crippen LogP contribution in [0.15, 0.2) is 41.8 Å². The van der Waals surface area contributed by atoms with E-state index in [0.717, 1.165) is 68.9 Å². The first-order chi connectivity index (χ1) is 26.3. The van der Waals surface area contributed by atoms with Gasteiger partial charge in [0.25, 0.3) is 11.8 Å². The van der Waals surface area contributed by atoms with Gasteiger partial charge in [-0.1, -0.05) is 83.2 Å². The number of carbonyl (C=O) groups is 6. The minimum absolute atomic E-state index is 0.0166. The summed E-state index contributed by atoms with van der Waals surface area (Å²) in [6, 6.07) is 8.05. The highest BCUT2D eigenvalue weighted by Crippen LogP contribution is 2.65. The fraction of sp³-hybridized carbons (Fsp3) is 0.628. The second kappa shape index (κ2) is 14.8. The van der Waals surface area contributed by atoms with Crippen LogP contribution in [0.5, 0.6) is 0 Å². The van der Waals surface area contributed by atoms with Crippen LogP contribution in [-0.4, -0.2) is 77.0 Å². The molecule has 55 heavy (non-hydrogen) atoms. The van der Waals surface area contributed by atoms with E-state index >= 15 is 4.79 Å². The average Bonchev–Trinajstić information content (AvgIpc) is 4.08. The molecule has 11 nitrogen and oxygen atoms in total. The summed E-state index contributed by atoms with van der Waals surface area (Å²) in [6.07, 6.45) is 9.70. The number of hydrogen-bond donors (Lipinski definition) is 4. The van der Waals surface area contributed by atoms with Crippen molar-refractivity contribution in [3.8, 4) is 0 Å². The van der Waals surface area contributed by atoms with E-state index in [0.29, 0.717) is 30.7 Å². The lowest BCUT2D eigenvalue weighted by Gasteiger charge is -2.41. The molecule has 2 heterocycles. The second-order valence-electron chi connectivity index (χ2n) is 18.3. The molecule has 1 saturated heterocycles. The van der Waals surface area contributed by atoms with Gasteiger partial charge in [0.05, 0.1) is 10.9 Å². The molecule has 5 aliphatic carbocycles. The first-order valence-corrected chi connectivity index (χ1v) is 21.4. The van der Waals surface area contributed by atoms with Gasteiger partial charge in [0.15, 0.2) is 0 Å². The number of hydrogen-bond acceptors (Lipinski definition) is 7. The molecule has 5 fully saturated rings. The topological polar surface area (TPSA) is 154 Å². The van der Waals surface area contributed by atoms with Gasteiger partial charge in [-0.05, 0) is 102 Å². The molecule has 294 valence electrons. The smallest absolute Gasteiger partial charge is 0.289 e. The number of rotatable bonds is 14. The summed E-state index contributed by atoms with van der Waals surface area (Å²) in [6.45, 7) is 6.65. The van der Waals surface area contributed by atoms with Crippen molar-refractivity contribution in [2.24, 2.45) is 34.5 Å². The maximum absolute atomic E-state index is 15.2. The second-order valence-corrected chi connectivity index (χ2v) is 19.2. The number of nitrogens with zero attached hydrogens (tertiary/aromatic N) is 1. The van der Waals surface area contributed by atoms with Crippen LogP contribution in [0.3, 0.4) is 0 Å². The van der Waals surface area contributed by atoms with E-state index in [1.54, 1.807) is 11.0 Å². The summed E-state index contributed by atoms with van der Waals surface area (Å²) in [5, 5.41) is 13.9. The number of amides is 5. The Balaban J connectivity index is 1.07. The zero-order valence-corrected chi connectivity index (χ0v) is 33.1. The van der Waals surface area contributed by atoms with Gasteiger partial charge >= 0.3 is 0 Å². The third-order valence-electron chi connectivity index (χ3n) is 13.9. The molecule has 5 amide bonds. The van der Waals surface area contributed by atoms with Crippen LogP contribution < -0.4 is 21.3 Å². The minimum Gasteiger partial charge on any atom is -0.347 e. The van der Waals surface area contributed by atoms with Gasteiger partial charge in [0, 0.05) is 12.6 Å². The molecule has 1 aromatic heterocycles. The minimum atomic E-state index is -0.958. The Bertz CT molecular complexity index is 1820. The third kappa shape index (κ3) is 7.72. The lowest BCUT2D eigenvalue weighted by atomic mass is 9.70. The predicted molar refractivity (Wildman–Crippen MR) is 208 cm³/mol. The largest absolute Gasteiger partial charge is 0.347 e. The zero-order valence-electron chi connectivity index (χ0n) is 32.2. The van der Waals surface area contributed by atoms with Gasteiger partial charge in [0.2, 0.25) is 23.5 Å². The number of carbonyl (C=O) groups excluding carboxylic acids is 6. The summed E-state index contributed by atoms with van der Waals surface area (Å²) < 4.78 is 0. The number of benzene rings is 1. The SMILES string of the molecule is CC1([C@H](NC(=O)c2cccs2)C(=O)N[C@H](C(=O)N2C[C@H]3[C@@H]([C@H]2C(=O)NC(CC2CC2)C(=O)C(=O)NC2CC2)C3(C)C)C2Cc3ccccc3C2)CCCCC1. The van der Waals surface area contributed by atoms with Gasteiger partial charge in [-0.2, -0.15) is 0 Å². The zero-order chi connectivity index (χ0) is 38.6. The van der Waals surface area contributed by atoms with Gasteiger partial charge in [-0.25, -0.2) is 0 Å². The highest BCUT2D eigenvalue weighted by molar-refractivity contribution is 7.12. The summed E-state index contributed by atoms with van der Waals surface area (Å²) in [5.74, 6) is -2.73. The summed E-state index contributed by atoms with van der Waals surface area (Å²) in [4.78, 5) is 86.4. The van der Waals surface area contributed by atoms with E-state index in [4.69, 9.17) is 0 Å². The van der Waals surface area contributed by atoms with Crippen molar-refractivity contribution in [1.29, 1.82) is 0 Å². The molecule has 6 atom stereocenters. The molecule has 12 heteroatoms. The van der Waals surface area contributed by atoms with Crippen molar-refractivity contribution in [1.82, 2.24) is 26.2 Å². The number of Topliss-reactive ketones (excluding diaryl/α,β-unsaturated/α-hetero) is 1. The molecular formula is C43H55N5O6S. The van der Waals surface area contributed by atoms with Crippen LogP contribution in [0, 0.1) is 34.5 Å². The molecule has 1 aliphatic heterocycles. The molecule has 1 aromatic carbocycles. The van der Waals surface area contributed by atoms with Crippen LogP contribution in [0.25, 0.3) is 0 Å². The number of nitrogens with one attached hydrogen (secondary N) is 4. The number of thiophene rings is 1. The van der Waals surface area contributed by atoms with E-state index < -0.39 is 47.2 Å². The maximum atomic E-state index is 15.2. The Hall–Kier alpha value is -4.06. The Labute approximate surface area is 327 Å². The van der Waals surface area contributed by atoms with Crippen molar-refractivity contribution < 1.29 is 28.8 Å². The van der Waals surface area contributed by atoms with Gasteiger partial charge in [-0.3, -0.25) is 28.8 Å². The number of likely N-dealkylation sites (tertiary alicyclic amines) is 1.